The van der Waals surface area contributed by atoms with Crippen molar-refractivity contribution in [1.82, 2.24) is 0 Å². The van der Waals surface area contributed by atoms with Gasteiger partial charge >= 0.3 is 6.18 Å². The van der Waals surface area contributed by atoms with Crippen molar-refractivity contribution in [2.45, 2.75) is 6.18 Å². The van der Waals surface area contributed by atoms with Crippen LogP contribution in [0.1, 0.15) is 5.56 Å². The molecule has 2 nitrogen and oxygen atoms in total. The van der Waals surface area contributed by atoms with Crippen LogP contribution in [0.4, 0.5) is 18.9 Å². The quantitative estimate of drug-likeness (QED) is 0.810. The van der Waals surface area contributed by atoms with E-state index in [1.807, 2.05) is 0 Å². The summed E-state index contributed by atoms with van der Waals surface area (Å²) < 4.78 is 38.8. The Labute approximate surface area is 116 Å². The van der Waals surface area contributed by atoms with Crippen molar-refractivity contribution < 1.29 is 18.0 Å². The first-order valence-corrected chi connectivity index (χ1v) is 6.11. The molecular formula is C13H9BrF3NO. The zero-order chi connectivity index (χ0) is 13.9. The smallest absolute Gasteiger partial charge is 0.382 e. The van der Waals surface area contributed by atoms with Gasteiger partial charge in [0.05, 0.1) is 5.69 Å². The van der Waals surface area contributed by atoms with Gasteiger partial charge in [0, 0.05) is 4.47 Å². The third kappa shape index (κ3) is 3.64. The SMILES string of the molecule is FC(F)(F)c1cc(Br)ccc1ONc1ccccc1. The number of halogens is 4. The van der Waals surface area contributed by atoms with Crippen LogP contribution < -0.4 is 10.3 Å². The average Bonchev–Trinajstić information content (AvgIpc) is 2.37. The second-order valence-corrected chi connectivity index (χ2v) is 4.62. The molecule has 0 atom stereocenters. The molecule has 0 aromatic heterocycles. The van der Waals surface area contributed by atoms with Crippen LogP contribution in [0.3, 0.4) is 0 Å². The molecule has 2 rings (SSSR count). The molecule has 0 radical (unpaired) electrons. The molecule has 0 saturated heterocycles. The van der Waals surface area contributed by atoms with Crippen LogP contribution in [0.25, 0.3) is 0 Å². The Bertz CT molecular complexity index is 558. The Morgan fingerprint density at radius 2 is 1.68 bits per heavy atom. The van der Waals surface area contributed by atoms with Gasteiger partial charge in [0.1, 0.15) is 5.56 Å². The number of nitrogens with one attached hydrogen (secondary N) is 1. The minimum Gasteiger partial charge on any atom is -0.382 e. The van der Waals surface area contributed by atoms with E-state index in [0.717, 1.165) is 6.07 Å². The number of para-hydroxylation sites is 1. The van der Waals surface area contributed by atoms with Crippen LogP contribution in [-0.4, -0.2) is 0 Å². The van der Waals surface area contributed by atoms with Crippen molar-refractivity contribution in [3.63, 3.8) is 0 Å². The summed E-state index contributed by atoms with van der Waals surface area (Å²) in [6, 6.07) is 12.4. The van der Waals surface area contributed by atoms with E-state index < -0.39 is 11.7 Å². The maximum atomic E-state index is 12.8. The molecule has 19 heavy (non-hydrogen) atoms. The first-order chi connectivity index (χ1) is 8.97. The molecule has 0 bridgehead atoms. The lowest BCUT2D eigenvalue weighted by atomic mass is 10.2. The van der Waals surface area contributed by atoms with Crippen molar-refractivity contribution in [3.05, 3.63) is 58.6 Å². The Kier molecular flexibility index (Phi) is 3.99. The van der Waals surface area contributed by atoms with Gasteiger partial charge in [-0.3, -0.25) is 0 Å². The highest BCUT2D eigenvalue weighted by Crippen LogP contribution is 2.37. The minimum atomic E-state index is -4.47. The molecule has 0 aliphatic heterocycles. The molecule has 0 aliphatic rings. The summed E-state index contributed by atoms with van der Waals surface area (Å²) in [6.45, 7) is 0. The van der Waals surface area contributed by atoms with E-state index in [1.165, 1.54) is 12.1 Å². The molecule has 0 heterocycles. The predicted molar refractivity (Wildman–Crippen MR) is 69.8 cm³/mol. The fourth-order valence-electron chi connectivity index (χ4n) is 1.43. The summed E-state index contributed by atoms with van der Waals surface area (Å²) in [5.41, 5.74) is 2.20. The van der Waals surface area contributed by atoms with Crippen LogP contribution in [0.5, 0.6) is 5.75 Å². The molecule has 0 amide bonds. The van der Waals surface area contributed by atoms with E-state index in [9.17, 15) is 13.2 Å². The lowest BCUT2D eigenvalue weighted by Gasteiger charge is -2.14. The highest BCUT2D eigenvalue weighted by atomic mass is 79.9. The predicted octanol–water partition coefficient (Wildman–Crippen LogP) is 4.87. The molecule has 0 unspecified atom stereocenters. The van der Waals surface area contributed by atoms with E-state index in [2.05, 4.69) is 21.4 Å². The molecule has 0 spiro atoms. The minimum absolute atomic E-state index is 0.278. The van der Waals surface area contributed by atoms with Gasteiger partial charge in [-0.25, -0.2) is 5.48 Å². The molecule has 2 aromatic carbocycles. The van der Waals surface area contributed by atoms with E-state index in [-0.39, 0.29) is 5.75 Å². The number of hydrogen-bond acceptors (Lipinski definition) is 2. The summed E-state index contributed by atoms with van der Waals surface area (Å²) in [7, 11) is 0. The molecule has 2 aromatic rings. The molecule has 0 fully saturated rings. The highest BCUT2D eigenvalue weighted by molar-refractivity contribution is 9.10. The fraction of sp³-hybridized carbons (Fsp3) is 0.0769. The lowest BCUT2D eigenvalue weighted by Crippen LogP contribution is -2.12. The van der Waals surface area contributed by atoms with Crippen LogP contribution >= 0.6 is 15.9 Å². The zero-order valence-corrected chi connectivity index (χ0v) is 11.1. The Balaban J connectivity index is 2.21. The lowest BCUT2D eigenvalue weighted by molar-refractivity contribution is -0.138. The van der Waals surface area contributed by atoms with Crippen LogP contribution in [-0.2, 0) is 6.18 Å². The molecular weight excluding hydrogens is 323 g/mol. The first-order valence-electron chi connectivity index (χ1n) is 5.31. The van der Waals surface area contributed by atoms with E-state index >= 15 is 0 Å². The number of hydrogen-bond donors (Lipinski definition) is 1. The molecule has 0 saturated carbocycles. The summed E-state index contributed by atoms with van der Waals surface area (Å²) >= 11 is 3.01. The van der Waals surface area contributed by atoms with Gasteiger partial charge in [-0.1, -0.05) is 34.1 Å². The number of alkyl halides is 3. The number of anilines is 1. The second-order valence-electron chi connectivity index (χ2n) is 3.71. The number of benzene rings is 2. The maximum absolute atomic E-state index is 12.8. The van der Waals surface area contributed by atoms with Crippen molar-refractivity contribution in [2.24, 2.45) is 0 Å². The van der Waals surface area contributed by atoms with Crippen molar-refractivity contribution in [1.29, 1.82) is 0 Å². The van der Waals surface area contributed by atoms with Gasteiger partial charge in [0.2, 0.25) is 0 Å². The van der Waals surface area contributed by atoms with E-state index in [1.54, 1.807) is 30.3 Å². The summed E-state index contributed by atoms with van der Waals surface area (Å²) in [5, 5.41) is 0. The van der Waals surface area contributed by atoms with Crippen molar-refractivity contribution in [3.8, 4) is 5.75 Å². The molecule has 6 heteroatoms. The van der Waals surface area contributed by atoms with Crippen LogP contribution in [0.2, 0.25) is 0 Å². The normalized spacial score (nSPS) is 11.2. The van der Waals surface area contributed by atoms with Crippen molar-refractivity contribution in [2.75, 3.05) is 5.48 Å². The first kappa shape index (κ1) is 13.7. The standard InChI is InChI=1S/C13H9BrF3NO/c14-9-6-7-12(11(8-9)13(15,16)17)19-18-10-4-2-1-3-5-10/h1-8,18H. The Morgan fingerprint density at radius 1 is 1.00 bits per heavy atom. The van der Waals surface area contributed by atoms with Crippen LogP contribution in [0.15, 0.2) is 53.0 Å². The highest BCUT2D eigenvalue weighted by Gasteiger charge is 2.34. The monoisotopic (exact) mass is 331 g/mol. The molecule has 0 aliphatic carbocycles. The maximum Gasteiger partial charge on any atom is 0.420 e. The van der Waals surface area contributed by atoms with Crippen LogP contribution in [0, 0.1) is 0 Å². The summed E-state index contributed by atoms with van der Waals surface area (Å²) in [6.07, 6.45) is -4.47. The van der Waals surface area contributed by atoms with Crippen molar-refractivity contribution >= 4 is 21.6 Å². The summed E-state index contributed by atoms with van der Waals surface area (Å²) in [4.78, 5) is 5.01. The Hall–Kier alpha value is -1.69. The van der Waals surface area contributed by atoms with E-state index in [4.69, 9.17) is 4.84 Å². The largest absolute Gasteiger partial charge is 0.420 e. The van der Waals surface area contributed by atoms with Gasteiger partial charge in [-0.2, -0.15) is 13.2 Å². The average molecular weight is 332 g/mol. The third-order valence-corrected chi connectivity index (χ3v) is 2.79. The van der Waals surface area contributed by atoms with Gasteiger partial charge in [0.15, 0.2) is 5.75 Å². The Morgan fingerprint density at radius 3 is 2.32 bits per heavy atom. The summed E-state index contributed by atoms with van der Waals surface area (Å²) in [5.74, 6) is -0.278. The van der Waals surface area contributed by atoms with Gasteiger partial charge < -0.3 is 4.84 Å². The zero-order valence-electron chi connectivity index (χ0n) is 9.54. The number of rotatable bonds is 3. The fourth-order valence-corrected chi connectivity index (χ4v) is 1.79. The van der Waals surface area contributed by atoms with Gasteiger partial charge in [0.25, 0.3) is 0 Å². The third-order valence-electron chi connectivity index (χ3n) is 2.30. The topological polar surface area (TPSA) is 21.3 Å². The van der Waals surface area contributed by atoms with E-state index in [0.29, 0.717) is 10.2 Å². The van der Waals surface area contributed by atoms with Gasteiger partial charge in [-0.15, -0.1) is 0 Å². The van der Waals surface area contributed by atoms with Gasteiger partial charge in [-0.05, 0) is 30.3 Å². The molecule has 100 valence electrons. The molecule has 1 N–H and O–H groups in total. The second kappa shape index (κ2) is 5.52.